The number of amides is 2. The van der Waals surface area contributed by atoms with E-state index in [1.54, 1.807) is 0 Å². The number of hydrogen-bond acceptors (Lipinski definition) is 9. The lowest BCUT2D eigenvalue weighted by Gasteiger charge is -2.13. The summed E-state index contributed by atoms with van der Waals surface area (Å²) < 4.78 is 38.2. The second kappa shape index (κ2) is 27.2. The van der Waals surface area contributed by atoms with Crippen molar-refractivity contribution >= 4 is 11.8 Å². The average molecular weight is 546 g/mol. The van der Waals surface area contributed by atoms with Gasteiger partial charge in [-0.3, -0.25) is 14.5 Å². The van der Waals surface area contributed by atoms with Crippen LogP contribution in [-0.4, -0.2) is 116 Å². The first-order valence-electron chi connectivity index (χ1n) is 14.3. The molecule has 0 aromatic heterocycles. The van der Waals surface area contributed by atoms with Crippen molar-refractivity contribution in [2.24, 2.45) is 0 Å². The van der Waals surface area contributed by atoms with E-state index in [0.29, 0.717) is 85.9 Å². The highest BCUT2D eigenvalue weighted by atomic mass is 16.6. The molecule has 1 aliphatic heterocycles. The number of imide groups is 1. The van der Waals surface area contributed by atoms with E-state index in [-0.39, 0.29) is 18.4 Å². The highest BCUT2D eigenvalue weighted by Crippen LogP contribution is 2.08. The second-order valence-electron chi connectivity index (χ2n) is 8.92. The van der Waals surface area contributed by atoms with Crippen molar-refractivity contribution in [1.29, 1.82) is 0 Å². The molecule has 0 saturated heterocycles. The van der Waals surface area contributed by atoms with E-state index in [1.807, 2.05) is 0 Å². The van der Waals surface area contributed by atoms with E-state index in [9.17, 15) is 9.59 Å². The monoisotopic (exact) mass is 545 g/mol. The van der Waals surface area contributed by atoms with Gasteiger partial charge < -0.3 is 33.2 Å². The van der Waals surface area contributed by atoms with Gasteiger partial charge in [-0.2, -0.15) is 0 Å². The van der Waals surface area contributed by atoms with Crippen molar-refractivity contribution in [2.75, 3.05) is 99.0 Å². The summed E-state index contributed by atoms with van der Waals surface area (Å²) in [7, 11) is 0. The molecule has 10 heteroatoms. The van der Waals surface area contributed by atoms with Crippen molar-refractivity contribution < 1.29 is 42.7 Å². The molecule has 0 aromatic rings. The molecule has 0 aromatic carbocycles. The second-order valence-corrected chi connectivity index (χ2v) is 8.92. The van der Waals surface area contributed by atoms with Gasteiger partial charge in [0.1, 0.15) is 0 Å². The lowest BCUT2D eigenvalue weighted by Crippen LogP contribution is -2.33. The Labute approximate surface area is 229 Å². The fraction of sp³-hybridized carbons (Fsp3) is 0.857. The van der Waals surface area contributed by atoms with E-state index < -0.39 is 0 Å². The molecule has 0 aliphatic carbocycles. The molecule has 0 atom stereocenters. The Balaban J connectivity index is 1.64. The molecule has 10 nitrogen and oxygen atoms in total. The quantitative estimate of drug-likeness (QED) is 0.0995. The zero-order chi connectivity index (χ0) is 27.4. The van der Waals surface area contributed by atoms with Crippen LogP contribution in [0.1, 0.15) is 58.3 Å². The van der Waals surface area contributed by atoms with E-state index >= 15 is 0 Å². The largest absolute Gasteiger partial charge is 0.379 e. The van der Waals surface area contributed by atoms with E-state index in [4.69, 9.17) is 33.2 Å². The SMILES string of the molecule is CCCCCCCCCCOCCOCCOCCOCCOCCOCCOCCN1C(=O)C=CC1=O. The number of carbonyl (C=O) groups excluding carboxylic acids is 2. The molecule has 38 heavy (non-hydrogen) atoms. The fourth-order valence-electron chi connectivity index (χ4n) is 3.57. The van der Waals surface area contributed by atoms with Gasteiger partial charge in [-0.15, -0.1) is 0 Å². The Bertz CT molecular complexity index is 571. The van der Waals surface area contributed by atoms with Crippen molar-refractivity contribution in [3.05, 3.63) is 12.2 Å². The predicted octanol–water partition coefficient (Wildman–Crippen LogP) is 3.17. The molecule has 0 saturated carbocycles. The van der Waals surface area contributed by atoms with Crippen molar-refractivity contribution in [3.8, 4) is 0 Å². The fourth-order valence-corrected chi connectivity index (χ4v) is 3.57. The van der Waals surface area contributed by atoms with Crippen LogP contribution in [0.3, 0.4) is 0 Å². The molecule has 1 heterocycles. The molecule has 0 spiro atoms. The number of hydrogen-bond donors (Lipinski definition) is 0. The standard InChI is InChI=1S/C28H51NO9/c1-2-3-4-5-6-7-8-9-13-32-15-17-34-19-21-36-23-25-38-26-24-37-22-20-35-18-16-33-14-12-29-27(30)10-11-28(29)31/h10-11H,2-9,12-26H2,1H3. The van der Waals surface area contributed by atoms with Crippen molar-refractivity contribution in [2.45, 2.75) is 58.3 Å². The summed E-state index contributed by atoms with van der Waals surface area (Å²) in [6, 6.07) is 0. The molecule has 0 radical (unpaired) electrons. The van der Waals surface area contributed by atoms with Crippen LogP contribution < -0.4 is 0 Å². The summed E-state index contributed by atoms with van der Waals surface area (Å²) >= 11 is 0. The van der Waals surface area contributed by atoms with Crippen molar-refractivity contribution in [3.63, 3.8) is 0 Å². The van der Waals surface area contributed by atoms with E-state index in [1.165, 1.54) is 57.1 Å². The van der Waals surface area contributed by atoms with Gasteiger partial charge in [0.2, 0.25) is 0 Å². The van der Waals surface area contributed by atoms with Crippen LogP contribution in [0.15, 0.2) is 12.2 Å². The first kappa shape index (κ1) is 34.6. The Morgan fingerprint density at radius 1 is 0.447 bits per heavy atom. The molecule has 0 bridgehead atoms. The van der Waals surface area contributed by atoms with Crippen LogP contribution in [0.25, 0.3) is 0 Å². The normalized spacial score (nSPS) is 13.3. The zero-order valence-electron chi connectivity index (χ0n) is 23.5. The number of ether oxygens (including phenoxy) is 7. The van der Waals surface area contributed by atoms with Gasteiger partial charge in [0, 0.05) is 18.8 Å². The number of nitrogens with zero attached hydrogens (tertiary/aromatic N) is 1. The average Bonchev–Trinajstić information content (AvgIpc) is 3.24. The lowest BCUT2D eigenvalue weighted by molar-refractivity contribution is -0.137. The number of unbranched alkanes of at least 4 members (excludes halogenated alkanes) is 7. The maximum Gasteiger partial charge on any atom is 0.253 e. The topological polar surface area (TPSA) is 102 Å². The number of rotatable bonds is 30. The first-order valence-corrected chi connectivity index (χ1v) is 14.3. The van der Waals surface area contributed by atoms with Crippen LogP contribution in [0.5, 0.6) is 0 Å². The van der Waals surface area contributed by atoms with Gasteiger partial charge in [-0.05, 0) is 6.42 Å². The Morgan fingerprint density at radius 2 is 0.763 bits per heavy atom. The Kier molecular flexibility index (Phi) is 24.8. The summed E-state index contributed by atoms with van der Waals surface area (Å²) in [5, 5.41) is 0. The molecule has 0 unspecified atom stereocenters. The summed E-state index contributed by atoms with van der Waals surface area (Å²) in [6.45, 7) is 9.76. The van der Waals surface area contributed by atoms with Gasteiger partial charge in [-0.25, -0.2) is 0 Å². The maximum atomic E-state index is 11.4. The maximum absolute atomic E-state index is 11.4. The van der Waals surface area contributed by atoms with Crippen LogP contribution in [-0.2, 0) is 42.7 Å². The minimum Gasteiger partial charge on any atom is -0.379 e. The predicted molar refractivity (Wildman–Crippen MR) is 144 cm³/mol. The summed E-state index contributed by atoms with van der Waals surface area (Å²) in [5.41, 5.74) is 0. The van der Waals surface area contributed by atoms with Gasteiger partial charge in [0.15, 0.2) is 0 Å². The molecular formula is C28H51NO9. The van der Waals surface area contributed by atoms with Crippen LogP contribution in [0.4, 0.5) is 0 Å². The lowest BCUT2D eigenvalue weighted by atomic mass is 10.1. The molecule has 1 rings (SSSR count). The summed E-state index contributed by atoms with van der Waals surface area (Å²) in [6.07, 6.45) is 13.0. The van der Waals surface area contributed by atoms with E-state index in [0.717, 1.165) is 17.9 Å². The van der Waals surface area contributed by atoms with Gasteiger partial charge in [0.25, 0.3) is 11.8 Å². The first-order chi connectivity index (χ1) is 18.8. The van der Waals surface area contributed by atoms with Crippen LogP contribution >= 0.6 is 0 Å². The molecule has 0 N–H and O–H groups in total. The van der Waals surface area contributed by atoms with Gasteiger partial charge in [0.05, 0.1) is 92.4 Å². The Morgan fingerprint density at radius 3 is 1.16 bits per heavy atom. The smallest absolute Gasteiger partial charge is 0.253 e. The molecule has 2 amide bonds. The third-order valence-corrected chi connectivity index (χ3v) is 5.73. The molecule has 1 aliphatic rings. The summed E-state index contributed by atoms with van der Waals surface area (Å²) in [4.78, 5) is 23.9. The molecule has 0 fully saturated rings. The third-order valence-electron chi connectivity index (χ3n) is 5.73. The van der Waals surface area contributed by atoms with E-state index in [2.05, 4.69) is 6.92 Å². The zero-order valence-corrected chi connectivity index (χ0v) is 23.5. The van der Waals surface area contributed by atoms with Crippen LogP contribution in [0.2, 0.25) is 0 Å². The van der Waals surface area contributed by atoms with Gasteiger partial charge >= 0.3 is 0 Å². The highest BCUT2D eigenvalue weighted by Gasteiger charge is 2.22. The van der Waals surface area contributed by atoms with Gasteiger partial charge in [-0.1, -0.05) is 51.9 Å². The summed E-state index contributed by atoms with van der Waals surface area (Å²) in [5.74, 6) is -0.594. The molecular weight excluding hydrogens is 494 g/mol. The Hall–Kier alpha value is -1.40. The van der Waals surface area contributed by atoms with Crippen molar-refractivity contribution in [1.82, 2.24) is 4.90 Å². The number of carbonyl (C=O) groups is 2. The molecule has 222 valence electrons. The highest BCUT2D eigenvalue weighted by molar-refractivity contribution is 6.12. The third kappa shape index (κ3) is 21.5. The minimum absolute atomic E-state index is 0.251. The van der Waals surface area contributed by atoms with Crippen LogP contribution in [0, 0.1) is 0 Å². The minimum atomic E-state index is -0.297.